The summed E-state index contributed by atoms with van der Waals surface area (Å²) >= 11 is 0. The van der Waals surface area contributed by atoms with E-state index in [2.05, 4.69) is 33.0 Å². The molecule has 0 aliphatic rings. The quantitative estimate of drug-likeness (QED) is 0.123. The molecule has 0 radical (unpaired) electrons. The van der Waals surface area contributed by atoms with Crippen molar-refractivity contribution in [1.82, 2.24) is 5.32 Å². The number of hydrogen-bond donors (Lipinski definition) is 2. The Kier molecular flexibility index (Phi) is 20.4. The van der Waals surface area contributed by atoms with Gasteiger partial charge in [-0.1, -0.05) is 110 Å². The molecular formula is C24H54N2OSi. The second kappa shape index (κ2) is 20.4. The minimum absolute atomic E-state index is 0.200. The third kappa shape index (κ3) is 20.8. The first kappa shape index (κ1) is 28.1. The molecule has 0 fully saturated rings. The first-order valence-electron chi connectivity index (χ1n) is 12.7. The third-order valence-corrected chi connectivity index (χ3v) is 7.66. The second-order valence-electron chi connectivity index (χ2n) is 9.22. The Morgan fingerprint density at radius 1 is 0.714 bits per heavy atom. The summed E-state index contributed by atoms with van der Waals surface area (Å²) in [5.74, 6) is 0. The number of rotatable bonds is 22. The summed E-state index contributed by atoms with van der Waals surface area (Å²) in [5, 5.41) is 3.54. The van der Waals surface area contributed by atoms with Crippen LogP contribution in [0, 0.1) is 0 Å². The first-order chi connectivity index (χ1) is 13.5. The molecule has 0 aliphatic heterocycles. The maximum Gasteiger partial charge on any atom is 0.180 e. The van der Waals surface area contributed by atoms with Crippen molar-refractivity contribution < 1.29 is 4.43 Å². The van der Waals surface area contributed by atoms with E-state index in [9.17, 15) is 0 Å². The van der Waals surface area contributed by atoms with Gasteiger partial charge in [-0.05, 0) is 33.2 Å². The maximum absolute atomic E-state index is 6.01. The zero-order valence-corrected chi connectivity index (χ0v) is 21.4. The Labute approximate surface area is 180 Å². The standard InChI is InChI=1S/C24H54N2OSi/c1-5-7-8-9-10-11-12-13-14-15-16-17-18-19-20-21-22-26-24(3,4)27-28-23(25)6-2/h23,26H,5-22,25,28H2,1-4H3. The van der Waals surface area contributed by atoms with Gasteiger partial charge < -0.3 is 10.2 Å². The molecule has 0 aromatic rings. The van der Waals surface area contributed by atoms with Crippen molar-refractivity contribution >= 4 is 9.76 Å². The van der Waals surface area contributed by atoms with Crippen LogP contribution in [-0.4, -0.2) is 27.7 Å². The average Bonchev–Trinajstić information content (AvgIpc) is 2.68. The largest absolute Gasteiger partial charge is 0.405 e. The summed E-state index contributed by atoms with van der Waals surface area (Å²) < 4.78 is 6.01. The lowest BCUT2D eigenvalue weighted by molar-refractivity contribution is 0.0737. The molecule has 0 saturated heterocycles. The van der Waals surface area contributed by atoms with Gasteiger partial charge in [0.15, 0.2) is 9.76 Å². The van der Waals surface area contributed by atoms with Crippen LogP contribution in [0.4, 0.5) is 0 Å². The van der Waals surface area contributed by atoms with E-state index in [0.29, 0.717) is 0 Å². The van der Waals surface area contributed by atoms with Crippen LogP contribution in [-0.2, 0) is 4.43 Å². The lowest BCUT2D eigenvalue weighted by Crippen LogP contribution is -2.46. The normalized spacial score (nSPS) is 13.6. The summed E-state index contributed by atoms with van der Waals surface area (Å²) in [6, 6.07) is 0. The Balaban J connectivity index is 3.23. The molecule has 1 unspecified atom stereocenters. The molecule has 4 heteroatoms. The molecule has 3 nitrogen and oxygen atoms in total. The van der Waals surface area contributed by atoms with E-state index in [1.54, 1.807) is 0 Å². The Morgan fingerprint density at radius 3 is 1.50 bits per heavy atom. The van der Waals surface area contributed by atoms with Gasteiger partial charge in [-0.15, -0.1) is 0 Å². The number of nitrogens with two attached hydrogens (primary N) is 1. The number of unbranched alkanes of at least 4 members (excludes halogenated alkanes) is 15. The zero-order valence-electron chi connectivity index (χ0n) is 20.0. The van der Waals surface area contributed by atoms with Crippen molar-refractivity contribution in [1.29, 1.82) is 0 Å². The second-order valence-corrected chi connectivity index (χ2v) is 10.9. The van der Waals surface area contributed by atoms with E-state index in [1.807, 2.05) is 0 Å². The van der Waals surface area contributed by atoms with E-state index >= 15 is 0 Å². The topological polar surface area (TPSA) is 47.3 Å². The van der Waals surface area contributed by atoms with Crippen molar-refractivity contribution in [3.8, 4) is 0 Å². The molecule has 0 spiro atoms. The number of hydrogen-bond acceptors (Lipinski definition) is 3. The summed E-state index contributed by atoms with van der Waals surface area (Å²) in [5.41, 5.74) is 6.07. The molecule has 0 aromatic carbocycles. The van der Waals surface area contributed by atoms with Gasteiger partial charge in [0.2, 0.25) is 0 Å². The molecule has 3 N–H and O–H groups in total. The van der Waals surface area contributed by atoms with Crippen molar-refractivity contribution in [3.63, 3.8) is 0 Å². The highest BCUT2D eigenvalue weighted by Gasteiger charge is 2.17. The van der Waals surface area contributed by atoms with Crippen LogP contribution in [0.5, 0.6) is 0 Å². The van der Waals surface area contributed by atoms with Gasteiger partial charge >= 0.3 is 0 Å². The molecule has 28 heavy (non-hydrogen) atoms. The fraction of sp³-hybridized carbons (Fsp3) is 1.00. The van der Waals surface area contributed by atoms with E-state index in [0.717, 1.165) is 13.0 Å². The van der Waals surface area contributed by atoms with E-state index in [4.69, 9.17) is 10.2 Å². The van der Waals surface area contributed by atoms with Gasteiger partial charge in [0.05, 0.1) is 0 Å². The van der Waals surface area contributed by atoms with Crippen molar-refractivity contribution in [2.24, 2.45) is 5.73 Å². The lowest BCUT2D eigenvalue weighted by atomic mass is 10.0. The van der Waals surface area contributed by atoms with Crippen LogP contribution in [0.15, 0.2) is 0 Å². The van der Waals surface area contributed by atoms with Crippen molar-refractivity contribution in [2.45, 2.75) is 148 Å². The molecule has 0 aromatic heterocycles. The third-order valence-electron chi connectivity index (χ3n) is 5.76. The lowest BCUT2D eigenvalue weighted by Gasteiger charge is -2.28. The average molecular weight is 415 g/mol. The predicted octanol–water partition coefficient (Wildman–Crippen LogP) is 6.37. The number of nitrogens with one attached hydrogen (secondary N) is 1. The summed E-state index contributed by atoms with van der Waals surface area (Å²) in [4.78, 5) is 0. The fourth-order valence-corrected chi connectivity index (χ4v) is 4.52. The first-order valence-corrected chi connectivity index (χ1v) is 14.1. The SMILES string of the molecule is CCCCCCCCCCCCCCCCCCNC(C)(C)O[SiH2]C(N)CC. The molecule has 0 heterocycles. The van der Waals surface area contributed by atoms with Crippen molar-refractivity contribution in [3.05, 3.63) is 0 Å². The van der Waals surface area contributed by atoms with E-state index in [-0.39, 0.29) is 11.4 Å². The maximum atomic E-state index is 6.01. The van der Waals surface area contributed by atoms with Crippen LogP contribution in [0.2, 0.25) is 0 Å². The molecule has 0 bridgehead atoms. The van der Waals surface area contributed by atoms with Crippen LogP contribution < -0.4 is 11.1 Å². The molecule has 0 rings (SSSR count). The fourth-order valence-electron chi connectivity index (χ4n) is 3.55. The van der Waals surface area contributed by atoms with Gasteiger partial charge in [0, 0.05) is 5.67 Å². The molecule has 170 valence electrons. The Bertz CT molecular complexity index is 313. The summed E-state index contributed by atoms with van der Waals surface area (Å²) in [6.45, 7) is 9.75. The van der Waals surface area contributed by atoms with Gasteiger partial charge in [-0.3, -0.25) is 5.32 Å². The molecule has 0 aliphatic carbocycles. The van der Waals surface area contributed by atoms with Crippen LogP contribution in [0.1, 0.15) is 137 Å². The van der Waals surface area contributed by atoms with Crippen LogP contribution in [0.25, 0.3) is 0 Å². The van der Waals surface area contributed by atoms with Gasteiger partial charge in [0.1, 0.15) is 5.72 Å². The molecular weight excluding hydrogens is 360 g/mol. The molecule has 0 saturated carbocycles. The zero-order chi connectivity index (χ0) is 20.9. The summed E-state index contributed by atoms with van der Waals surface area (Å²) in [7, 11) is -0.621. The van der Waals surface area contributed by atoms with E-state index in [1.165, 1.54) is 103 Å². The van der Waals surface area contributed by atoms with Crippen LogP contribution >= 0.6 is 0 Å². The van der Waals surface area contributed by atoms with Gasteiger partial charge in [0.25, 0.3) is 0 Å². The Morgan fingerprint density at radius 2 is 1.11 bits per heavy atom. The monoisotopic (exact) mass is 414 g/mol. The predicted molar refractivity (Wildman–Crippen MR) is 130 cm³/mol. The Hall–Kier alpha value is 0.0969. The highest BCUT2D eigenvalue weighted by Crippen LogP contribution is 2.14. The molecule has 0 amide bonds. The summed E-state index contributed by atoms with van der Waals surface area (Å²) in [6.07, 6.45) is 23.8. The van der Waals surface area contributed by atoms with Crippen molar-refractivity contribution in [2.75, 3.05) is 6.54 Å². The minimum Gasteiger partial charge on any atom is -0.405 e. The minimum atomic E-state index is -0.621. The van der Waals surface area contributed by atoms with E-state index < -0.39 is 9.76 Å². The smallest absolute Gasteiger partial charge is 0.180 e. The highest BCUT2D eigenvalue weighted by atomic mass is 28.2. The van der Waals surface area contributed by atoms with Gasteiger partial charge in [-0.2, -0.15) is 0 Å². The van der Waals surface area contributed by atoms with Crippen LogP contribution in [0.3, 0.4) is 0 Å². The highest BCUT2D eigenvalue weighted by molar-refractivity contribution is 6.29. The molecule has 1 atom stereocenters. The van der Waals surface area contributed by atoms with Gasteiger partial charge in [-0.25, -0.2) is 0 Å².